The fourth-order valence-corrected chi connectivity index (χ4v) is 5.55. The standard InChI is InChI=1S/C13H19FO2Si/c1-9(2)17(14,10(3)4)12-7-5-11(6-8-12)13(15)16/h5-10H,1-4H3,(H,15,16)/i14-1. The van der Waals surface area contributed by atoms with E-state index in [1.54, 1.807) is 12.1 Å². The van der Waals surface area contributed by atoms with Crippen LogP contribution < -0.4 is 5.19 Å². The molecule has 2 nitrogen and oxygen atoms in total. The Morgan fingerprint density at radius 1 is 1.12 bits per heavy atom. The number of rotatable bonds is 4. The number of hydrogen-bond acceptors (Lipinski definition) is 1. The van der Waals surface area contributed by atoms with Crippen LogP contribution in [0.2, 0.25) is 11.1 Å². The number of hydrogen-bond donors (Lipinski definition) is 1. The van der Waals surface area contributed by atoms with Crippen molar-refractivity contribution in [1.29, 1.82) is 0 Å². The highest BCUT2D eigenvalue weighted by molar-refractivity contribution is 6.88. The zero-order chi connectivity index (χ0) is 13.2. The van der Waals surface area contributed by atoms with Crippen LogP contribution in [0.4, 0.5) is 4.11 Å². The van der Waals surface area contributed by atoms with Crippen molar-refractivity contribution in [2.24, 2.45) is 0 Å². The normalized spacial score (nSPS) is 12.2. The first kappa shape index (κ1) is 13.9. The molecule has 0 radical (unpaired) electrons. The quantitative estimate of drug-likeness (QED) is 0.660. The zero-order valence-corrected chi connectivity index (χ0v) is 11.7. The summed E-state index contributed by atoms with van der Waals surface area (Å²) < 4.78 is 15.1. The Balaban J connectivity index is 3.17. The second-order valence-corrected chi connectivity index (χ2v) is 9.38. The summed E-state index contributed by atoms with van der Waals surface area (Å²) in [7, 11) is -3.03. The lowest BCUT2D eigenvalue weighted by atomic mass is 10.2. The summed E-state index contributed by atoms with van der Waals surface area (Å²) in [5.74, 6) is -0.975. The molecule has 1 aromatic rings. The molecule has 0 atom stereocenters. The van der Waals surface area contributed by atoms with E-state index >= 15 is 4.11 Å². The molecule has 1 rings (SSSR count). The van der Waals surface area contributed by atoms with E-state index < -0.39 is 14.4 Å². The number of halogens is 1. The number of carboxylic acids is 1. The predicted octanol–water partition coefficient (Wildman–Crippen LogP) is 3.33. The summed E-state index contributed by atoms with van der Waals surface area (Å²) >= 11 is 0. The van der Waals surface area contributed by atoms with Crippen molar-refractivity contribution in [3.8, 4) is 0 Å². The molecule has 0 aromatic heterocycles. The van der Waals surface area contributed by atoms with Gasteiger partial charge in [-0.05, 0) is 28.4 Å². The first-order valence-electron chi connectivity index (χ1n) is 5.82. The van der Waals surface area contributed by atoms with Crippen molar-refractivity contribution in [3.05, 3.63) is 29.8 Å². The first-order chi connectivity index (χ1) is 7.80. The van der Waals surface area contributed by atoms with Gasteiger partial charge in [0.1, 0.15) is 0 Å². The lowest BCUT2D eigenvalue weighted by Crippen LogP contribution is -2.49. The molecule has 0 amide bonds. The zero-order valence-electron chi connectivity index (χ0n) is 10.7. The second-order valence-electron chi connectivity index (χ2n) is 4.96. The summed E-state index contributed by atoms with van der Waals surface area (Å²) in [6.45, 7) is 7.60. The van der Waals surface area contributed by atoms with E-state index in [0.717, 1.165) is 0 Å². The molecule has 17 heavy (non-hydrogen) atoms. The Bertz CT molecular complexity index is 390. The Morgan fingerprint density at radius 2 is 1.53 bits per heavy atom. The lowest BCUT2D eigenvalue weighted by Gasteiger charge is -2.30. The molecule has 0 aliphatic rings. The average molecular weight is 253 g/mol. The van der Waals surface area contributed by atoms with Crippen molar-refractivity contribution in [2.75, 3.05) is 0 Å². The van der Waals surface area contributed by atoms with E-state index in [2.05, 4.69) is 0 Å². The van der Waals surface area contributed by atoms with Gasteiger partial charge in [0.2, 0.25) is 0 Å². The molecule has 0 saturated heterocycles. The van der Waals surface area contributed by atoms with Crippen LogP contribution >= 0.6 is 0 Å². The van der Waals surface area contributed by atoms with E-state index in [0.29, 0.717) is 5.19 Å². The van der Waals surface area contributed by atoms with Crippen molar-refractivity contribution < 1.29 is 14.0 Å². The molecule has 0 bridgehead atoms. The van der Waals surface area contributed by atoms with Gasteiger partial charge in [0.25, 0.3) is 8.41 Å². The van der Waals surface area contributed by atoms with Crippen LogP contribution in [0.5, 0.6) is 0 Å². The largest absolute Gasteiger partial charge is 0.478 e. The Hall–Kier alpha value is -1.16. The van der Waals surface area contributed by atoms with Gasteiger partial charge in [-0.25, -0.2) is 4.79 Å². The summed E-state index contributed by atoms with van der Waals surface area (Å²) in [6, 6.07) is 6.25. The fraction of sp³-hybridized carbons (Fsp3) is 0.462. The van der Waals surface area contributed by atoms with Gasteiger partial charge in [0.05, 0.1) is 5.56 Å². The Kier molecular flexibility index (Phi) is 4.09. The van der Waals surface area contributed by atoms with Crippen molar-refractivity contribution in [3.63, 3.8) is 0 Å². The molecule has 0 aliphatic heterocycles. The maximum atomic E-state index is 15.1. The highest BCUT2D eigenvalue weighted by Gasteiger charge is 2.43. The Morgan fingerprint density at radius 3 is 1.82 bits per heavy atom. The molecule has 0 unspecified atom stereocenters. The van der Waals surface area contributed by atoms with E-state index in [1.807, 2.05) is 27.7 Å². The minimum absolute atomic E-state index is 0.0156. The predicted molar refractivity (Wildman–Crippen MR) is 70.1 cm³/mol. The van der Waals surface area contributed by atoms with E-state index in [9.17, 15) is 4.79 Å². The highest BCUT2D eigenvalue weighted by atomic mass is 28.4. The molecule has 0 fully saturated rings. The molecule has 0 saturated carbocycles. The van der Waals surface area contributed by atoms with Gasteiger partial charge in [0.15, 0.2) is 0 Å². The number of carboxylic acid groups (broad SMARTS) is 1. The van der Waals surface area contributed by atoms with Crippen molar-refractivity contribution in [1.82, 2.24) is 0 Å². The summed E-state index contributed by atoms with van der Waals surface area (Å²) in [5, 5.41) is 9.50. The fourth-order valence-electron chi connectivity index (χ4n) is 2.20. The van der Waals surface area contributed by atoms with Gasteiger partial charge in [-0.15, -0.1) is 0 Å². The summed E-state index contributed by atoms with van der Waals surface area (Å²) in [6.07, 6.45) is 0. The smallest absolute Gasteiger partial charge is 0.335 e. The second kappa shape index (κ2) is 5.00. The van der Waals surface area contributed by atoms with Crippen LogP contribution in [0.3, 0.4) is 0 Å². The molecule has 1 N–H and O–H groups in total. The van der Waals surface area contributed by atoms with Gasteiger partial charge < -0.3 is 9.21 Å². The van der Waals surface area contributed by atoms with Crippen LogP contribution in [0.25, 0.3) is 0 Å². The molecule has 0 spiro atoms. The molecular weight excluding hydrogens is 234 g/mol. The Labute approximate surface area is 103 Å². The minimum Gasteiger partial charge on any atom is -0.478 e. The van der Waals surface area contributed by atoms with Crippen LogP contribution in [-0.2, 0) is 0 Å². The molecule has 1 aromatic carbocycles. The van der Waals surface area contributed by atoms with Gasteiger partial charge in [-0.3, -0.25) is 0 Å². The minimum atomic E-state index is -3.03. The van der Waals surface area contributed by atoms with Crippen LogP contribution in [0.1, 0.15) is 38.1 Å². The molecule has 0 aliphatic carbocycles. The van der Waals surface area contributed by atoms with Gasteiger partial charge in [0, 0.05) is 0 Å². The van der Waals surface area contributed by atoms with E-state index in [-0.39, 0.29) is 16.6 Å². The third-order valence-electron chi connectivity index (χ3n) is 3.25. The number of carbonyl (C=O) groups is 1. The maximum absolute atomic E-state index is 15.1. The van der Waals surface area contributed by atoms with Crippen LogP contribution in [-0.4, -0.2) is 19.5 Å². The third-order valence-corrected chi connectivity index (χ3v) is 7.83. The van der Waals surface area contributed by atoms with Crippen LogP contribution in [0, 0.1) is 0 Å². The SMILES string of the molecule is CC(C)[Si]([18F])(c1ccc(C(=O)O)cc1)C(C)C. The van der Waals surface area contributed by atoms with E-state index in [4.69, 9.17) is 5.11 Å². The van der Waals surface area contributed by atoms with Crippen molar-refractivity contribution in [2.45, 2.75) is 38.8 Å². The van der Waals surface area contributed by atoms with Crippen molar-refractivity contribution >= 4 is 19.6 Å². The highest BCUT2D eigenvalue weighted by Crippen LogP contribution is 2.33. The monoisotopic (exact) mass is 253 g/mol. The molecule has 4 heteroatoms. The molecule has 94 valence electrons. The van der Waals surface area contributed by atoms with Gasteiger partial charge in [-0.1, -0.05) is 39.8 Å². The topological polar surface area (TPSA) is 37.3 Å². The van der Waals surface area contributed by atoms with Gasteiger partial charge >= 0.3 is 5.97 Å². The van der Waals surface area contributed by atoms with E-state index in [1.165, 1.54) is 12.1 Å². The summed E-state index contributed by atoms with van der Waals surface area (Å²) in [5.41, 5.74) is 0.175. The third kappa shape index (κ3) is 2.57. The summed E-state index contributed by atoms with van der Waals surface area (Å²) in [4.78, 5) is 10.7. The number of benzene rings is 1. The average Bonchev–Trinajstić information content (AvgIpc) is 2.27. The first-order valence-corrected chi connectivity index (χ1v) is 7.86. The number of aromatic carboxylic acids is 1. The molecular formula is C13H19FO2Si. The van der Waals surface area contributed by atoms with Crippen LogP contribution in [0.15, 0.2) is 24.3 Å². The lowest BCUT2D eigenvalue weighted by molar-refractivity contribution is 0.0697. The molecule has 0 heterocycles. The van der Waals surface area contributed by atoms with Gasteiger partial charge in [-0.2, -0.15) is 0 Å². The maximum Gasteiger partial charge on any atom is 0.335 e.